The second-order valence-electron chi connectivity index (χ2n) is 5.68. The Bertz CT molecular complexity index is 694. The number of anilines is 2. The molecule has 2 aromatic carbocycles. The van der Waals surface area contributed by atoms with Crippen molar-refractivity contribution < 1.29 is 14.3 Å². The van der Waals surface area contributed by atoms with Crippen LogP contribution in [0.3, 0.4) is 0 Å². The minimum absolute atomic E-state index is 0.191. The van der Waals surface area contributed by atoms with Crippen LogP contribution in [-0.4, -0.2) is 18.6 Å². The molecule has 0 unspecified atom stereocenters. The molecule has 2 aromatic rings. The average Bonchev–Trinajstić information content (AvgIpc) is 2.62. The van der Waals surface area contributed by atoms with Crippen molar-refractivity contribution >= 4 is 23.4 Å². The zero-order chi connectivity index (χ0) is 18.1. The van der Waals surface area contributed by atoms with Gasteiger partial charge in [-0.05, 0) is 61.7 Å². The maximum atomic E-state index is 12.3. The molecule has 0 aromatic heterocycles. The predicted octanol–water partition coefficient (Wildman–Crippen LogP) is 4.85. The van der Waals surface area contributed by atoms with Gasteiger partial charge < -0.3 is 10.1 Å². The molecule has 0 saturated heterocycles. The Kier molecular flexibility index (Phi) is 7.01. The molecule has 0 saturated carbocycles. The van der Waals surface area contributed by atoms with E-state index in [4.69, 9.17) is 4.74 Å². The van der Waals surface area contributed by atoms with E-state index in [1.807, 2.05) is 24.3 Å². The highest BCUT2D eigenvalue weighted by molar-refractivity contribution is 6.04. The molecular formula is C20H24N2O3. The van der Waals surface area contributed by atoms with Crippen LogP contribution in [-0.2, 0) is 11.2 Å². The van der Waals surface area contributed by atoms with E-state index in [-0.39, 0.29) is 5.91 Å². The van der Waals surface area contributed by atoms with Gasteiger partial charge in [0.05, 0.1) is 6.61 Å². The van der Waals surface area contributed by atoms with E-state index in [1.165, 1.54) is 12.0 Å². The summed E-state index contributed by atoms with van der Waals surface area (Å²) in [6, 6.07) is 14.6. The summed E-state index contributed by atoms with van der Waals surface area (Å²) in [7, 11) is 0. The molecule has 0 heterocycles. The number of rotatable bonds is 7. The second-order valence-corrected chi connectivity index (χ2v) is 5.68. The number of carbonyl (C=O) groups is 2. The van der Waals surface area contributed by atoms with Crippen LogP contribution in [0.25, 0.3) is 0 Å². The Morgan fingerprint density at radius 2 is 1.48 bits per heavy atom. The van der Waals surface area contributed by atoms with E-state index < -0.39 is 6.09 Å². The van der Waals surface area contributed by atoms with Gasteiger partial charge in [-0.3, -0.25) is 10.1 Å². The van der Waals surface area contributed by atoms with Gasteiger partial charge in [0.25, 0.3) is 5.91 Å². The van der Waals surface area contributed by atoms with Crippen LogP contribution < -0.4 is 10.6 Å². The van der Waals surface area contributed by atoms with Gasteiger partial charge in [0.1, 0.15) is 0 Å². The molecule has 5 nitrogen and oxygen atoms in total. The van der Waals surface area contributed by atoms with E-state index in [9.17, 15) is 9.59 Å². The summed E-state index contributed by atoms with van der Waals surface area (Å²) in [6.07, 6.45) is 2.87. The molecule has 0 aliphatic rings. The standard InChI is InChI=1S/C20H24N2O3/c1-3-5-6-15-7-11-17(12-8-15)21-19(23)16-9-13-18(14-10-16)22-20(24)25-4-2/h7-14H,3-6H2,1-2H3,(H,21,23)(H,22,24). The summed E-state index contributed by atoms with van der Waals surface area (Å²) in [5, 5.41) is 5.46. The normalized spacial score (nSPS) is 10.2. The van der Waals surface area contributed by atoms with Gasteiger partial charge in [-0.2, -0.15) is 0 Å². The first kappa shape index (κ1) is 18.5. The first-order chi connectivity index (χ1) is 12.1. The van der Waals surface area contributed by atoms with Crippen LogP contribution in [0, 0.1) is 0 Å². The van der Waals surface area contributed by atoms with Crippen molar-refractivity contribution in [3.8, 4) is 0 Å². The largest absolute Gasteiger partial charge is 0.450 e. The van der Waals surface area contributed by atoms with Gasteiger partial charge in [-0.15, -0.1) is 0 Å². The summed E-state index contributed by atoms with van der Waals surface area (Å²) < 4.78 is 4.81. The van der Waals surface area contributed by atoms with Crippen molar-refractivity contribution in [1.29, 1.82) is 0 Å². The average molecular weight is 340 g/mol. The lowest BCUT2D eigenvalue weighted by Gasteiger charge is -2.08. The zero-order valence-electron chi connectivity index (χ0n) is 14.7. The number of aryl methyl sites for hydroxylation is 1. The van der Waals surface area contributed by atoms with Crippen molar-refractivity contribution in [1.82, 2.24) is 0 Å². The second kappa shape index (κ2) is 9.47. The van der Waals surface area contributed by atoms with Gasteiger partial charge >= 0.3 is 6.09 Å². The Labute approximate surface area is 148 Å². The number of unbranched alkanes of at least 4 members (excludes halogenated alkanes) is 1. The number of amides is 2. The van der Waals surface area contributed by atoms with Gasteiger partial charge in [0, 0.05) is 16.9 Å². The van der Waals surface area contributed by atoms with Crippen LogP contribution in [0.15, 0.2) is 48.5 Å². The minimum atomic E-state index is -0.511. The van der Waals surface area contributed by atoms with Crippen molar-refractivity contribution in [2.24, 2.45) is 0 Å². The lowest BCUT2D eigenvalue weighted by atomic mass is 10.1. The molecule has 0 atom stereocenters. The summed E-state index contributed by atoms with van der Waals surface area (Å²) in [5.74, 6) is -0.191. The molecular weight excluding hydrogens is 316 g/mol. The number of nitrogens with one attached hydrogen (secondary N) is 2. The summed E-state index contributed by atoms with van der Waals surface area (Å²) in [4.78, 5) is 23.6. The lowest BCUT2D eigenvalue weighted by Crippen LogP contribution is -2.14. The van der Waals surface area contributed by atoms with E-state index in [2.05, 4.69) is 17.6 Å². The monoisotopic (exact) mass is 340 g/mol. The molecule has 0 fully saturated rings. The zero-order valence-corrected chi connectivity index (χ0v) is 14.7. The maximum Gasteiger partial charge on any atom is 0.411 e. The van der Waals surface area contributed by atoms with E-state index in [0.717, 1.165) is 18.5 Å². The van der Waals surface area contributed by atoms with E-state index in [1.54, 1.807) is 31.2 Å². The molecule has 0 bridgehead atoms. The van der Waals surface area contributed by atoms with Crippen molar-refractivity contribution in [2.45, 2.75) is 33.1 Å². The van der Waals surface area contributed by atoms with Gasteiger partial charge in [-0.25, -0.2) is 4.79 Å². The van der Waals surface area contributed by atoms with Gasteiger partial charge in [-0.1, -0.05) is 25.5 Å². The van der Waals surface area contributed by atoms with Gasteiger partial charge in [0.2, 0.25) is 0 Å². The Morgan fingerprint density at radius 1 is 0.880 bits per heavy atom. The van der Waals surface area contributed by atoms with Crippen LogP contribution in [0.2, 0.25) is 0 Å². The molecule has 0 aliphatic heterocycles. The Hall–Kier alpha value is -2.82. The van der Waals surface area contributed by atoms with E-state index >= 15 is 0 Å². The summed E-state index contributed by atoms with van der Waals surface area (Å²) >= 11 is 0. The third-order valence-corrected chi connectivity index (χ3v) is 3.70. The minimum Gasteiger partial charge on any atom is -0.450 e. The number of carbonyl (C=O) groups excluding carboxylic acids is 2. The van der Waals surface area contributed by atoms with Crippen LogP contribution in [0.5, 0.6) is 0 Å². The number of ether oxygens (including phenoxy) is 1. The molecule has 0 aliphatic carbocycles. The topological polar surface area (TPSA) is 67.4 Å². The number of benzene rings is 2. The Morgan fingerprint density at radius 3 is 2.08 bits per heavy atom. The molecule has 0 radical (unpaired) electrons. The van der Waals surface area contributed by atoms with E-state index in [0.29, 0.717) is 17.9 Å². The fourth-order valence-electron chi connectivity index (χ4n) is 2.33. The quantitative estimate of drug-likeness (QED) is 0.757. The molecule has 132 valence electrons. The number of hydrogen-bond donors (Lipinski definition) is 2. The summed E-state index contributed by atoms with van der Waals surface area (Å²) in [6.45, 7) is 4.22. The Balaban J connectivity index is 1.93. The van der Waals surface area contributed by atoms with Crippen molar-refractivity contribution in [3.63, 3.8) is 0 Å². The SMILES string of the molecule is CCCCc1ccc(NC(=O)c2ccc(NC(=O)OCC)cc2)cc1. The molecule has 0 spiro atoms. The van der Waals surface area contributed by atoms with Gasteiger partial charge in [0.15, 0.2) is 0 Å². The lowest BCUT2D eigenvalue weighted by molar-refractivity contribution is 0.102. The highest BCUT2D eigenvalue weighted by Gasteiger charge is 2.07. The predicted molar refractivity (Wildman–Crippen MR) is 100 cm³/mol. The first-order valence-electron chi connectivity index (χ1n) is 8.56. The maximum absolute atomic E-state index is 12.3. The molecule has 2 rings (SSSR count). The fourth-order valence-corrected chi connectivity index (χ4v) is 2.33. The molecule has 5 heteroatoms. The number of hydrogen-bond acceptors (Lipinski definition) is 3. The summed E-state index contributed by atoms with van der Waals surface area (Å²) in [5.41, 5.74) is 3.13. The fraction of sp³-hybridized carbons (Fsp3) is 0.300. The first-order valence-corrected chi connectivity index (χ1v) is 8.56. The molecule has 2 N–H and O–H groups in total. The highest BCUT2D eigenvalue weighted by atomic mass is 16.5. The van der Waals surface area contributed by atoms with Crippen LogP contribution in [0.1, 0.15) is 42.6 Å². The van der Waals surface area contributed by atoms with Crippen molar-refractivity contribution in [2.75, 3.05) is 17.2 Å². The highest BCUT2D eigenvalue weighted by Crippen LogP contribution is 2.15. The van der Waals surface area contributed by atoms with Crippen molar-refractivity contribution in [3.05, 3.63) is 59.7 Å². The van der Waals surface area contributed by atoms with Crippen LogP contribution in [0.4, 0.5) is 16.2 Å². The third-order valence-electron chi connectivity index (χ3n) is 3.70. The van der Waals surface area contributed by atoms with Crippen LogP contribution >= 0.6 is 0 Å². The molecule has 25 heavy (non-hydrogen) atoms. The smallest absolute Gasteiger partial charge is 0.411 e. The molecule has 2 amide bonds. The third kappa shape index (κ3) is 5.95.